The Labute approximate surface area is 117 Å². The van der Waals surface area contributed by atoms with Crippen LogP contribution in [0.4, 0.5) is 0 Å². The summed E-state index contributed by atoms with van der Waals surface area (Å²) >= 11 is 0. The summed E-state index contributed by atoms with van der Waals surface area (Å²) < 4.78 is 5.28. The molecule has 3 heteroatoms. The molecular weight excluding hydrogens is 248 g/mol. The predicted octanol–water partition coefficient (Wildman–Crippen LogP) is 4.08. The summed E-state index contributed by atoms with van der Waals surface area (Å²) in [5.74, 6) is 1.32. The first-order valence-electron chi connectivity index (χ1n) is 6.81. The zero-order valence-corrected chi connectivity index (χ0v) is 10.9. The molecule has 20 heavy (non-hydrogen) atoms. The van der Waals surface area contributed by atoms with Gasteiger partial charge in [-0.25, -0.2) is 0 Å². The molecule has 0 spiro atoms. The number of hydrogen-bond donors (Lipinski definition) is 0. The second-order valence-corrected chi connectivity index (χ2v) is 5.10. The van der Waals surface area contributed by atoms with Gasteiger partial charge in [-0.05, 0) is 30.0 Å². The highest BCUT2D eigenvalue weighted by atomic mass is 16.5. The van der Waals surface area contributed by atoms with Crippen molar-refractivity contribution >= 4 is 0 Å². The second kappa shape index (κ2) is 4.60. The van der Waals surface area contributed by atoms with E-state index in [4.69, 9.17) is 4.52 Å². The lowest BCUT2D eigenvalue weighted by Gasteiger charge is -2.08. The van der Waals surface area contributed by atoms with E-state index in [9.17, 15) is 0 Å². The average molecular weight is 261 g/mol. The van der Waals surface area contributed by atoms with Crippen LogP contribution in [0.3, 0.4) is 0 Å². The van der Waals surface area contributed by atoms with Crippen molar-refractivity contribution in [1.82, 2.24) is 10.1 Å². The molecule has 1 radical (unpaired) electrons. The number of pyridine rings is 1. The van der Waals surface area contributed by atoms with E-state index in [1.165, 1.54) is 12.8 Å². The van der Waals surface area contributed by atoms with Gasteiger partial charge in [-0.2, -0.15) is 0 Å². The monoisotopic (exact) mass is 261 g/mol. The highest BCUT2D eigenvalue weighted by Gasteiger charge is 2.26. The second-order valence-electron chi connectivity index (χ2n) is 5.10. The Balaban J connectivity index is 1.90. The average Bonchev–Trinajstić information content (AvgIpc) is 3.23. The molecule has 0 amide bonds. The van der Waals surface area contributed by atoms with Crippen LogP contribution in [0.25, 0.3) is 22.5 Å². The third-order valence-corrected chi connectivity index (χ3v) is 3.62. The quantitative estimate of drug-likeness (QED) is 0.713. The fourth-order valence-electron chi connectivity index (χ4n) is 2.40. The molecule has 0 saturated heterocycles. The molecule has 1 aliphatic carbocycles. The molecule has 2 aromatic heterocycles. The minimum Gasteiger partial charge on any atom is -0.356 e. The van der Waals surface area contributed by atoms with E-state index < -0.39 is 0 Å². The Morgan fingerprint density at radius 2 is 1.95 bits per heavy atom. The van der Waals surface area contributed by atoms with Crippen LogP contribution in [0.5, 0.6) is 0 Å². The molecule has 4 rings (SSSR count). The molecule has 0 atom stereocenters. The summed E-state index contributed by atoms with van der Waals surface area (Å²) in [5.41, 5.74) is 4.27. The van der Waals surface area contributed by atoms with Crippen molar-refractivity contribution in [3.05, 3.63) is 60.6 Å². The lowest BCUT2D eigenvalue weighted by atomic mass is 9.98. The maximum atomic E-state index is 5.28. The van der Waals surface area contributed by atoms with Gasteiger partial charge >= 0.3 is 0 Å². The zero-order valence-electron chi connectivity index (χ0n) is 10.9. The predicted molar refractivity (Wildman–Crippen MR) is 76.0 cm³/mol. The van der Waals surface area contributed by atoms with Gasteiger partial charge in [0.2, 0.25) is 0 Å². The van der Waals surface area contributed by atoms with Gasteiger partial charge in [0.25, 0.3) is 0 Å². The van der Waals surface area contributed by atoms with E-state index in [0.717, 1.165) is 22.4 Å². The Morgan fingerprint density at radius 1 is 1.10 bits per heavy atom. The molecule has 97 valence electrons. The molecule has 0 unspecified atom stereocenters. The summed E-state index contributed by atoms with van der Waals surface area (Å²) in [6.07, 6.45) is 7.26. The number of nitrogens with zero attached hydrogens (tertiary/aromatic N) is 2. The van der Waals surface area contributed by atoms with Crippen molar-refractivity contribution < 1.29 is 4.52 Å². The highest BCUT2D eigenvalue weighted by Crippen LogP contribution is 2.41. The highest BCUT2D eigenvalue weighted by molar-refractivity contribution is 5.80. The Hall–Kier alpha value is -2.42. The van der Waals surface area contributed by atoms with Crippen LogP contribution in [-0.2, 0) is 0 Å². The fraction of sp³-hybridized carbons (Fsp3) is 0.176. The van der Waals surface area contributed by atoms with E-state index in [1.54, 1.807) is 6.20 Å². The van der Waals surface area contributed by atoms with Crippen LogP contribution in [0.15, 0.2) is 53.2 Å². The molecule has 1 fully saturated rings. The first-order chi connectivity index (χ1) is 9.92. The van der Waals surface area contributed by atoms with E-state index in [-0.39, 0.29) is 0 Å². The van der Waals surface area contributed by atoms with E-state index in [2.05, 4.69) is 34.5 Å². The summed E-state index contributed by atoms with van der Waals surface area (Å²) in [4.78, 5) is 4.47. The summed E-state index contributed by atoms with van der Waals surface area (Å²) in [7, 11) is 0. The van der Waals surface area contributed by atoms with Crippen molar-refractivity contribution in [3.63, 3.8) is 0 Å². The van der Waals surface area contributed by atoms with Gasteiger partial charge in [0.15, 0.2) is 5.76 Å². The van der Waals surface area contributed by atoms with Crippen molar-refractivity contribution in [1.29, 1.82) is 0 Å². The minimum absolute atomic E-state index is 0.609. The van der Waals surface area contributed by atoms with Crippen molar-refractivity contribution in [2.75, 3.05) is 0 Å². The van der Waals surface area contributed by atoms with Crippen LogP contribution in [0, 0.1) is 6.20 Å². The summed E-state index contributed by atoms with van der Waals surface area (Å²) in [5, 5.41) is 3.78. The van der Waals surface area contributed by atoms with Crippen LogP contribution in [0.1, 0.15) is 24.5 Å². The zero-order chi connectivity index (χ0) is 13.4. The van der Waals surface area contributed by atoms with Gasteiger partial charge in [0.1, 0.15) is 6.20 Å². The maximum absolute atomic E-state index is 5.28. The van der Waals surface area contributed by atoms with Crippen LogP contribution < -0.4 is 0 Å². The van der Waals surface area contributed by atoms with Gasteiger partial charge in [-0.15, -0.1) is 0 Å². The van der Waals surface area contributed by atoms with Crippen molar-refractivity contribution in [3.8, 4) is 22.5 Å². The SMILES string of the molecule is [c]1nc(C2CC2)cc(-c2ccccc2)c1-c1ccno1. The standard InChI is InChI=1S/C17H13N2O/c1-2-4-12(5-3-1)14-10-16(13-6-7-13)18-11-15(14)17-8-9-19-20-17/h1-5,8-10,13H,6-7H2. The number of rotatable bonds is 3. The third kappa shape index (κ3) is 2.01. The number of benzene rings is 1. The van der Waals surface area contributed by atoms with Crippen molar-refractivity contribution in [2.45, 2.75) is 18.8 Å². The smallest absolute Gasteiger partial charge is 0.169 e. The summed E-state index contributed by atoms with van der Waals surface area (Å²) in [6, 6.07) is 14.3. The van der Waals surface area contributed by atoms with Gasteiger partial charge in [-0.1, -0.05) is 35.5 Å². The van der Waals surface area contributed by atoms with Gasteiger partial charge in [0.05, 0.1) is 11.8 Å². The molecule has 1 aliphatic rings. The van der Waals surface area contributed by atoms with Crippen molar-refractivity contribution in [2.24, 2.45) is 0 Å². The topological polar surface area (TPSA) is 38.9 Å². The van der Waals surface area contributed by atoms with Gasteiger partial charge in [-0.3, -0.25) is 4.98 Å². The van der Waals surface area contributed by atoms with Crippen LogP contribution in [0.2, 0.25) is 0 Å². The van der Waals surface area contributed by atoms with E-state index in [1.807, 2.05) is 24.3 Å². The minimum atomic E-state index is 0.609. The molecule has 3 aromatic rings. The van der Waals surface area contributed by atoms with Crippen LogP contribution >= 0.6 is 0 Å². The molecule has 0 N–H and O–H groups in total. The normalized spacial score (nSPS) is 14.4. The Kier molecular flexibility index (Phi) is 2.62. The largest absolute Gasteiger partial charge is 0.356 e. The Morgan fingerprint density at radius 3 is 2.65 bits per heavy atom. The molecular formula is C17H13N2O. The molecule has 0 bridgehead atoms. The molecule has 0 aliphatic heterocycles. The molecule has 1 aromatic carbocycles. The molecule has 3 nitrogen and oxygen atoms in total. The molecule has 2 heterocycles. The molecule has 1 saturated carbocycles. The maximum Gasteiger partial charge on any atom is 0.169 e. The number of hydrogen-bond acceptors (Lipinski definition) is 3. The number of aromatic nitrogens is 2. The van der Waals surface area contributed by atoms with Crippen LogP contribution in [-0.4, -0.2) is 10.1 Å². The Bertz CT molecular complexity index is 716. The fourth-order valence-corrected chi connectivity index (χ4v) is 2.40. The summed E-state index contributed by atoms with van der Waals surface area (Å²) in [6.45, 7) is 0. The first-order valence-corrected chi connectivity index (χ1v) is 6.81. The first kappa shape index (κ1) is 11.4. The van der Waals surface area contributed by atoms with E-state index in [0.29, 0.717) is 11.7 Å². The van der Waals surface area contributed by atoms with Gasteiger partial charge in [0, 0.05) is 17.7 Å². The van der Waals surface area contributed by atoms with E-state index >= 15 is 0 Å². The third-order valence-electron chi connectivity index (χ3n) is 3.62. The van der Waals surface area contributed by atoms with Gasteiger partial charge < -0.3 is 4.52 Å². The lowest BCUT2D eigenvalue weighted by molar-refractivity contribution is 0.432. The lowest BCUT2D eigenvalue weighted by Crippen LogP contribution is -1.92.